The fourth-order valence-corrected chi connectivity index (χ4v) is 1.25. The van der Waals surface area contributed by atoms with Gasteiger partial charge in [-0.3, -0.25) is 0 Å². The van der Waals surface area contributed by atoms with E-state index in [9.17, 15) is 0 Å². The van der Waals surface area contributed by atoms with Crippen molar-refractivity contribution >= 4 is 5.52 Å². The molecular formula is C9H11N3O. The molecule has 2 heterocycles. The van der Waals surface area contributed by atoms with Gasteiger partial charge in [-0.15, -0.1) is 0 Å². The summed E-state index contributed by atoms with van der Waals surface area (Å²) in [4.78, 5) is 0. The zero-order chi connectivity index (χ0) is 9.26. The molecule has 1 atom stereocenters. The summed E-state index contributed by atoms with van der Waals surface area (Å²) in [5, 5.41) is 12.9. The van der Waals surface area contributed by atoms with Crippen molar-refractivity contribution in [1.82, 2.24) is 9.61 Å². The van der Waals surface area contributed by atoms with E-state index < -0.39 is 0 Å². The molecule has 68 valence electrons. The molecule has 2 rings (SSSR count). The van der Waals surface area contributed by atoms with Crippen LogP contribution in [0.15, 0.2) is 30.6 Å². The van der Waals surface area contributed by atoms with Crippen LogP contribution < -0.4 is 5.73 Å². The molecule has 0 spiro atoms. The fraction of sp³-hybridized carbons (Fsp3) is 0.222. The Morgan fingerprint density at radius 1 is 1.46 bits per heavy atom. The Morgan fingerprint density at radius 3 is 3.08 bits per heavy atom. The Bertz CT molecular complexity index is 410. The van der Waals surface area contributed by atoms with Crippen molar-refractivity contribution in [2.24, 2.45) is 5.73 Å². The average Bonchev–Trinajstić information content (AvgIpc) is 2.63. The highest BCUT2D eigenvalue weighted by atomic mass is 16.3. The molecule has 0 bridgehead atoms. The smallest absolute Gasteiger partial charge is 0.0661 e. The molecule has 0 fully saturated rings. The van der Waals surface area contributed by atoms with Crippen molar-refractivity contribution in [2.45, 2.75) is 6.04 Å². The van der Waals surface area contributed by atoms with Gasteiger partial charge in [0.15, 0.2) is 0 Å². The minimum Gasteiger partial charge on any atom is -0.394 e. The normalized spacial score (nSPS) is 13.4. The van der Waals surface area contributed by atoms with Gasteiger partial charge < -0.3 is 10.8 Å². The van der Waals surface area contributed by atoms with Gasteiger partial charge in [0.1, 0.15) is 0 Å². The number of hydrogen-bond acceptors (Lipinski definition) is 3. The number of aromatic nitrogens is 2. The maximum atomic E-state index is 8.86. The number of aliphatic hydroxyl groups excluding tert-OH is 1. The minimum absolute atomic E-state index is 0.0488. The van der Waals surface area contributed by atoms with Gasteiger partial charge in [-0.25, -0.2) is 4.52 Å². The maximum absolute atomic E-state index is 8.86. The second kappa shape index (κ2) is 3.16. The number of rotatable bonds is 2. The lowest BCUT2D eigenvalue weighted by atomic mass is 10.1. The molecule has 1 unspecified atom stereocenters. The van der Waals surface area contributed by atoms with E-state index in [2.05, 4.69) is 5.10 Å². The van der Waals surface area contributed by atoms with Crippen LogP contribution in [0.4, 0.5) is 0 Å². The van der Waals surface area contributed by atoms with Crippen LogP contribution in [0.1, 0.15) is 11.6 Å². The molecule has 13 heavy (non-hydrogen) atoms. The zero-order valence-electron chi connectivity index (χ0n) is 7.09. The first kappa shape index (κ1) is 8.22. The van der Waals surface area contributed by atoms with Gasteiger partial charge in [0.05, 0.1) is 18.2 Å². The Balaban J connectivity index is 2.48. The summed E-state index contributed by atoms with van der Waals surface area (Å²) in [5.74, 6) is 0. The molecular weight excluding hydrogens is 166 g/mol. The first-order valence-corrected chi connectivity index (χ1v) is 4.11. The van der Waals surface area contributed by atoms with E-state index in [4.69, 9.17) is 10.8 Å². The van der Waals surface area contributed by atoms with E-state index in [0.717, 1.165) is 11.1 Å². The monoisotopic (exact) mass is 177 g/mol. The Kier molecular flexibility index (Phi) is 2.00. The van der Waals surface area contributed by atoms with Crippen molar-refractivity contribution in [2.75, 3.05) is 6.61 Å². The van der Waals surface area contributed by atoms with E-state index in [1.165, 1.54) is 0 Å². The maximum Gasteiger partial charge on any atom is 0.0661 e. The van der Waals surface area contributed by atoms with Crippen LogP contribution in [0.3, 0.4) is 0 Å². The lowest BCUT2D eigenvalue weighted by Gasteiger charge is -2.07. The zero-order valence-corrected chi connectivity index (χ0v) is 7.09. The van der Waals surface area contributed by atoms with E-state index in [1.54, 1.807) is 10.7 Å². The Morgan fingerprint density at radius 2 is 2.31 bits per heavy atom. The SMILES string of the molecule is NC(CO)c1ccc2ccnn2c1. The highest BCUT2D eigenvalue weighted by Crippen LogP contribution is 2.11. The minimum atomic E-state index is -0.325. The predicted molar refractivity (Wildman–Crippen MR) is 49.2 cm³/mol. The highest BCUT2D eigenvalue weighted by molar-refractivity contribution is 5.46. The third-order valence-electron chi connectivity index (χ3n) is 2.04. The summed E-state index contributed by atoms with van der Waals surface area (Å²) in [6.45, 7) is -0.0488. The number of nitrogens with two attached hydrogens (primary N) is 1. The van der Waals surface area contributed by atoms with Crippen LogP contribution in [0, 0.1) is 0 Å². The van der Waals surface area contributed by atoms with E-state index in [0.29, 0.717) is 0 Å². The van der Waals surface area contributed by atoms with Crippen LogP contribution in [-0.4, -0.2) is 21.3 Å². The third-order valence-corrected chi connectivity index (χ3v) is 2.04. The van der Waals surface area contributed by atoms with Gasteiger partial charge in [-0.1, -0.05) is 6.07 Å². The van der Waals surface area contributed by atoms with Gasteiger partial charge in [-0.2, -0.15) is 5.10 Å². The Hall–Kier alpha value is -1.39. The van der Waals surface area contributed by atoms with Crippen LogP contribution in [-0.2, 0) is 0 Å². The highest BCUT2D eigenvalue weighted by Gasteiger charge is 2.04. The summed E-state index contributed by atoms with van der Waals surface area (Å²) in [6.07, 6.45) is 3.56. The molecule has 2 aromatic heterocycles. The summed E-state index contributed by atoms with van der Waals surface area (Å²) >= 11 is 0. The fourth-order valence-electron chi connectivity index (χ4n) is 1.25. The van der Waals surface area contributed by atoms with Gasteiger partial charge in [-0.05, 0) is 17.7 Å². The van der Waals surface area contributed by atoms with Crippen LogP contribution >= 0.6 is 0 Å². The number of nitrogens with zero attached hydrogens (tertiary/aromatic N) is 2. The summed E-state index contributed by atoms with van der Waals surface area (Å²) in [6, 6.07) is 5.41. The third kappa shape index (κ3) is 1.41. The van der Waals surface area contributed by atoms with Gasteiger partial charge in [0, 0.05) is 12.4 Å². The molecule has 0 aliphatic rings. The molecule has 0 amide bonds. The van der Waals surface area contributed by atoms with Crippen LogP contribution in [0.2, 0.25) is 0 Å². The molecule has 4 nitrogen and oxygen atoms in total. The topological polar surface area (TPSA) is 63.5 Å². The molecule has 4 heteroatoms. The molecule has 3 N–H and O–H groups in total. The number of fused-ring (bicyclic) bond motifs is 1. The first-order valence-electron chi connectivity index (χ1n) is 4.11. The second-order valence-electron chi connectivity index (χ2n) is 2.95. The molecule has 0 radical (unpaired) electrons. The van der Waals surface area contributed by atoms with Gasteiger partial charge in [0.25, 0.3) is 0 Å². The summed E-state index contributed by atoms with van der Waals surface area (Å²) in [7, 11) is 0. The van der Waals surface area contributed by atoms with E-state index >= 15 is 0 Å². The number of pyridine rings is 1. The molecule has 0 saturated heterocycles. The standard InChI is InChI=1S/C9H11N3O/c10-9(6-13)7-1-2-8-3-4-11-12(8)5-7/h1-5,9,13H,6,10H2. The van der Waals surface area contributed by atoms with Crippen molar-refractivity contribution < 1.29 is 5.11 Å². The predicted octanol–water partition coefficient (Wildman–Crippen LogP) is 0.326. The molecule has 2 aromatic rings. The van der Waals surface area contributed by atoms with Crippen LogP contribution in [0.5, 0.6) is 0 Å². The van der Waals surface area contributed by atoms with Crippen molar-refractivity contribution in [3.63, 3.8) is 0 Å². The van der Waals surface area contributed by atoms with E-state index in [1.807, 2.05) is 24.4 Å². The van der Waals surface area contributed by atoms with Crippen molar-refractivity contribution in [1.29, 1.82) is 0 Å². The first-order chi connectivity index (χ1) is 6.31. The summed E-state index contributed by atoms with van der Waals surface area (Å²) < 4.78 is 1.74. The molecule has 0 aliphatic heterocycles. The van der Waals surface area contributed by atoms with Gasteiger partial charge >= 0.3 is 0 Å². The Labute approximate surface area is 75.6 Å². The number of aliphatic hydroxyl groups is 1. The lowest BCUT2D eigenvalue weighted by Crippen LogP contribution is -2.14. The largest absolute Gasteiger partial charge is 0.394 e. The average molecular weight is 177 g/mol. The van der Waals surface area contributed by atoms with Crippen molar-refractivity contribution in [3.8, 4) is 0 Å². The van der Waals surface area contributed by atoms with E-state index in [-0.39, 0.29) is 12.6 Å². The van der Waals surface area contributed by atoms with Crippen molar-refractivity contribution in [3.05, 3.63) is 36.2 Å². The quantitative estimate of drug-likeness (QED) is 0.694. The lowest BCUT2D eigenvalue weighted by molar-refractivity contribution is 0.267. The second-order valence-corrected chi connectivity index (χ2v) is 2.95. The number of hydrogen-bond donors (Lipinski definition) is 2. The molecule has 0 saturated carbocycles. The molecule has 0 aromatic carbocycles. The molecule has 0 aliphatic carbocycles. The van der Waals surface area contributed by atoms with Crippen LogP contribution in [0.25, 0.3) is 5.52 Å². The van der Waals surface area contributed by atoms with Gasteiger partial charge in [0.2, 0.25) is 0 Å². The summed E-state index contributed by atoms with van der Waals surface area (Å²) in [5.41, 5.74) is 7.57.